The number of imidazole rings is 1. The number of nitrogens with zero attached hydrogens (tertiary/aromatic N) is 3. The number of fused-ring (bicyclic) bond motifs is 1. The van der Waals surface area contributed by atoms with E-state index in [1.54, 1.807) is 40.8 Å². The number of hydrogen-bond donors (Lipinski definition) is 0. The fourth-order valence-electron chi connectivity index (χ4n) is 2.48. The van der Waals surface area contributed by atoms with Gasteiger partial charge in [-0.2, -0.15) is 0 Å². The summed E-state index contributed by atoms with van der Waals surface area (Å²) in [6.45, 7) is 0. The zero-order chi connectivity index (χ0) is 16.4. The van der Waals surface area contributed by atoms with Crippen LogP contribution >= 0.6 is 0 Å². The van der Waals surface area contributed by atoms with Gasteiger partial charge in [0.25, 0.3) is 5.88 Å². The highest BCUT2D eigenvalue weighted by Crippen LogP contribution is 2.41. The molecule has 0 bridgehead atoms. The van der Waals surface area contributed by atoms with E-state index in [9.17, 15) is 0 Å². The molecule has 7 nitrogen and oxygen atoms in total. The summed E-state index contributed by atoms with van der Waals surface area (Å²) in [6.07, 6.45) is 5.23. The Morgan fingerprint density at radius 2 is 1.57 bits per heavy atom. The van der Waals surface area contributed by atoms with Crippen molar-refractivity contribution in [3.63, 3.8) is 0 Å². The van der Waals surface area contributed by atoms with E-state index in [1.165, 1.54) is 0 Å². The normalized spacial score (nSPS) is 10.6. The highest BCUT2D eigenvalue weighted by atomic mass is 16.5. The number of hydrogen-bond acceptors (Lipinski definition) is 6. The largest absolute Gasteiger partial charge is 0.493 e. The minimum atomic E-state index is 0.464. The van der Waals surface area contributed by atoms with Crippen molar-refractivity contribution < 1.29 is 18.9 Å². The lowest BCUT2D eigenvalue weighted by atomic mass is 10.1. The Morgan fingerprint density at radius 1 is 0.870 bits per heavy atom. The van der Waals surface area contributed by atoms with Crippen LogP contribution in [0.5, 0.6) is 23.1 Å². The fourth-order valence-corrected chi connectivity index (χ4v) is 2.48. The molecular weight excluding hydrogens is 298 g/mol. The summed E-state index contributed by atoms with van der Waals surface area (Å²) in [4.78, 5) is 8.53. The topological polar surface area (TPSA) is 67.1 Å². The molecule has 7 heteroatoms. The van der Waals surface area contributed by atoms with E-state index in [2.05, 4.69) is 9.97 Å². The summed E-state index contributed by atoms with van der Waals surface area (Å²) in [5.74, 6) is 2.17. The molecule has 0 aliphatic heterocycles. The van der Waals surface area contributed by atoms with Gasteiger partial charge >= 0.3 is 0 Å². The van der Waals surface area contributed by atoms with Gasteiger partial charge in [-0.3, -0.25) is 4.40 Å². The monoisotopic (exact) mass is 315 g/mol. The number of rotatable bonds is 5. The van der Waals surface area contributed by atoms with E-state index in [0.29, 0.717) is 28.8 Å². The number of benzene rings is 1. The first kappa shape index (κ1) is 15.0. The molecule has 0 N–H and O–H groups in total. The summed E-state index contributed by atoms with van der Waals surface area (Å²) in [7, 11) is 6.31. The highest BCUT2D eigenvalue weighted by molar-refractivity contribution is 5.71. The Bertz CT molecular complexity index is 819. The molecule has 0 unspecified atom stereocenters. The van der Waals surface area contributed by atoms with Crippen molar-refractivity contribution in [3.8, 4) is 34.4 Å². The van der Waals surface area contributed by atoms with Crippen molar-refractivity contribution >= 4 is 5.65 Å². The van der Waals surface area contributed by atoms with Crippen molar-refractivity contribution in [1.82, 2.24) is 14.4 Å². The predicted molar refractivity (Wildman–Crippen MR) is 84.6 cm³/mol. The molecule has 2 heterocycles. The standard InChI is InChI=1S/C16H17N3O4/c1-20-12-7-10(8-13(21-2)14(12)22-3)11-9-18-15-16(23-4)17-5-6-19(11)15/h5-9H,1-4H3. The van der Waals surface area contributed by atoms with Crippen molar-refractivity contribution in [1.29, 1.82) is 0 Å². The molecule has 0 spiro atoms. The van der Waals surface area contributed by atoms with E-state index in [1.807, 2.05) is 22.7 Å². The third-order valence-corrected chi connectivity index (χ3v) is 3.55. The van der Waals surface area contributed by atoms with Gasteiger partial charge in [0.15, 0.2) is 11.5 Å². The molecule has 0 aliphatic rings. The molecule has 0 fully saturated rings. The SMILES string of the molecule is COc1cc(-c2cnc3c(OC)nccn23)cc(OC)c1OC. The van der Waals surface area contributed by atoms with Gasteiger partial charge in [0.05, 0.1) is 40.3 Å². The number of aromatic nitrogens is 3. The van der Waals surface area contributed by atoms with Crippen LogP contribution in [0.4, 0.5) is 0 Å². The first-order chi connectivity index (χ1) is 11.2. The molecule has 0 saturated carbocycles. The average Bonchev–Trinajstić information content (AvgIpc) is 3.04. The summed E-state index contributed by atoms with van der Waals surface area (Å²) >= 11 is 0. The second-order valence-electron chi connectivity index (χ2n) is 4.69. The number of ether oxygens (including phenoxy) is 4. The van der Waals surface area contributed by atoms with Crippen LogP contribution in [0.15, 0.2) is 30.7 Å². The van der Waals surface area contributed by atoms with Gasteiger partial charge in [0.2, 0.25) is 11.4 Å². The minimum Gasteiger partial charge on any atom is -0.493 e. The Kier molecular flexibility index (Phi) is 3.92. The number of methoxy groups -OCH3 is 4. The fraction of sp³-hybridized carbons (Fsp3) is 0.250. The van der Waals surface area contributed by atoms with E-state index >= 15 is 0 Å². The molecule has 3 aromatic rings. The molecular formula is C16H17N3O4. The third kappa shape index (κ3) is 2.40. The first-order valence-electron chi connectivity index (χ1n) is 6.90. The maximum absolute atomic E-state index is 5.40. The van der Waals surface area contributed by atoms with Crippen LogP contribution in [0, 0.1) is 0 Å². The quantitative estimate of drug-likeness (QED) is 0.720. The van der Waals surface area contributed by atoms with Crippen molar-refractivity contribution in [3.05, 3.63) is 30.7 Å². The minimum absolute atomic E-state index is 0.464. The van der Waals surface area contributed by atoms with Crippen LogP contribution in [0.3, 0.4) is 0 Å². The van der Waals surface area contributed by atoms with Crippen LogP contribution in [0.1, 0.15) is 0 Å². The van der Waals surface area contributed by atoms with Gasteiger partial charge < -0.3 is 18.9 Å². The molecule has 23 heavy (non-hydrogen) atoms. The van der Waals surface area contributed by atoms with E-state index < -0.39 is 0 Å². The molecule has 120 valence electrons. The molecule has 0 amide bonds. The maximum atomic E-state index is 5.40. The Morgan fingerprint density at radius 3 is 2.13 bits per heavy atom. The van der Waals surface area contributed by atoms with Crippen LogP contribution in [-0.2, 0) is 0 Å². The van der Waals surface area contributed by atoms with Gasteiger partial charge in [-0.05, 0) is 12.1 Å². The lowest BCUT2D eigenvalue weighted by Gasteiger charge is -2.14. The van der Waals surface area contributed by atoms with Gasteiger partial charge in [-0.25, -0.2) is 9.97 Å². The molecule has 0 atom stereocenters. The second-order valence-corrected chi connectivity index (χ2v) is 4.69. The second kappa shape index (κ2) is 6.04. The lowest BCUT2D eigenvalue weighted by Crippen LogP contribution is -1.97. The summed E-state index contributed by atoms with van der Waals surface area (Å²) in [5.41, 5.74) is 2.37. The Hall–Kier alpha value is -2.96. The Balaban J connectivity index is 2.23. The Labute approximate surface area is 133 Å². The summed E-state index contributed by atoms with van der Waals surface area (Å²) < 4.78 is 23.3. The van der Waals surface area contributed by atoms with Crippen LogP contribution in [0.25, 0.3) is 16.9 Å². The van der Waals surface area contributed by atoms with Crippen molar-refractivity contribution in [2.24, 2.45) is 0 Å². The van der Waals surface area contributed by atoms with E-state index in [-0.39, 0.29) is 0 Å². The highest BCUT2D eigenvalue weighted by Gasteiger charge is 2.17. The van der Waals surface area contributed by atoms with E-state index in [4.69, 9.17) is 18.9 Å². The third-order valence-electron chi connectivity index (χ3n) is 3.55. The zero-order valence-electron chi connectivity index (χ0n) is 13.4. The smallest absolute Gasteiger partial charge is 0.258 e. The van der Waals surface area contributed by atoms with Crippen molar-refractivity contribution in [2.45, 2.75) is 0 Å². The summed E-state index contributed by atoms with van der Waals surface area (Å²) in [6, 6.07) is 3.75. The average molecular weight is 315 g/mol. The maximum Gasteiger partial charge on any atom is 0.258 e. The van der Waals surface area contributed by atoms with Crippen LogP contribution in [0.2, 0.25) is 0 Å². The van der Waals surface area contributed by atoms with E-state index in [0.717, 1.165) is 11.3 Å². The van der Waals surface area contributed by atoms with Gasteiger partial charge in [0, 0.05) is 18.0 Å². The molecule has 0 radical (unpaired) electrons. The van der Waals surface area contributed by atoms with Gasteiger partial charge in [0.1, 0.15) is 0 Å². The van der Waals surface area contributed by atoms with Crippen LogP contribution in [-0.4, -0.2) is 42.8 Å². The lowest BCUT2D eigenvalue weighted by molar-refractivity contribution is 0.324. The first-order valence-corrected chi connectivity index (χ1v) is 6.90. The molecule has 0 saturated heterocycles. The zero-order valence-corrected chi connectivity index (χ0v) is 13.4. The van der Waals surface area contributed by atoms with Gasteiger partial charge in [-0.15, -0.1) is 0 Å². The molecule has 0 aliphatic carbocycles. The molecule has 2 aromatic heterocycles. The molecule has 1 aromatic carbocycles. The molecule has 3 rings (SSSR count). The van der Waals surface area contributed by atoms with Crippen molar-refractivity contribution in [2.75, 3.05) is 28.4 Å². The predicted octanol–water partition coefficient (Wildman–Crippen LogP) is 2.43. The summed E-state index contributed by atoms with van der Waals surface area (Å²) in [5, 5.41) is 0. The van der Waals surface area contributed by atoms with Crippen LogP contribution < -0.4 is 18.9 Å². The van der Waals surface area contributed by atoms with Gasteiger partial charge in [-0.1, -0.05) is 0 Å².